The van der Waals surface area contributed by atoms with Gasteiger partial charge in [0.1, 0.15) is 5.69 Å². The molecule has 0 aliphatic carbocycles. The summed E-state index contributed by atoms with van der Waals surface area (Å²) in [5.74, 6) is 0.904. The minimum absolute atomic E-state index is 0.223. The molecule has 0 amide bonds. The van der Waals surface area contributed by atoms with E-state index in [9.17, 15) is 0 Å². The molecule has 0 atom stereocenters. The van der Waals surface area contributed by atoms with Crippen LogP contribution in [0.25, 0.3) is 33.6 Å². The molecule has 1 aliphatic rings. The molecule has 2 aromatic carbocycles. The first kappa shape index (κ1) is 25.1. The van der Waals surface area contributed by atoms with Crippen LogP contribution in [0.5, 0.6) is 11.8 Å². The van der Waals surface area contributed by atoms with Crippen LogP contribution in [0, 0.1) is 0 Å². The Morgan fingerprint density at radius 3 is 2.00 bits per heavy atom. The number of pyridine rings is 1. The molecule has 2 aromatic heterocycles. The van der Waals surface area contributed by atoms with Crippen molar-refractivity contribution in [1.82, 2.24) is 15.0 Å². The second kappa shape index (κ2) is 10.8. The van der Waals surface area contributed by atoms with Crippen LogP contribution in [-0.4, -0.2) is 41.4 Å². The van der Waals surface area contributed by atoms with Crippen molar-refractivity contribution in [3.05, 3.63) is 76.0 Å². The average molecular weight is 534 g/mol. The molecule has 188 valence electrons. The fourth-order valence-corrected chi connectivity index (χ4v) is 5.08. The van der Waals surface area contributed by atoms with E-state index >= 15 is 0 Å². The van der Waals surface area contributed by atoms with E-state index in [2.05, 4.69) is 15.0 Å². The molecule has 4 aromatic rings. The molecular formula is C28H25Cl2N5O2. The number of nitrogens with zero attached hydrogens (tertiary/aromatic N) is 4. The van der Waals surface area contributed by atoms with Crippen molar-refractivity contribution in [3.63, 3.8) is 0 Å². The number of benzene rings is 2. The molecule has 0 radical (unpaired) electrons. The summed E-state index contributed by atoms with van der Waals surface area (Å²) in [6.07, 6.45) is 3.61. The molecule has 3 heterocycles. The maximum Gasteiger partial charge on any atom is 0.237 e. The summed E-state index contributed by atoms with van der Waals surface area (Å²) in [7, 11) is 3.15. The topological polar surface area (TPSA) is 95.5 Å². The minimum atomic E-state index is 0.223. The zero-order chi connectivity index (χ0) is 25.9. The van der Waals surface area contributed by atoms with Gasteiger partial charge in [0.25, 0.3) is 0 Å². The lowest BCUT2D eigenvalue weighted by molar-refractivity contribution is 0.390. The normalized spacial score (nSPS) is 12.9. The van der Waals surface area contributed by atoms with Gasteiger partial charge in [0, 0.05) is 41.1 Å². The Balaban J connectivity index is 1.57. The van der Waals surface area contributed by atoms with Crippen molar-refractivity contribution in [1.29, 1.82) is 0 Å². The van der Waals surface area contributed by atoms with Crippen LogP contribution in [0.4, 0.5) is 0 Å². The molecule has 2 N–H and O–H groups in total. The van der Waals surface area contributed by atoms with Crippen LogP contribution in [0.2, 0.25) is 10.0 Å². The fraction of sp³-hybridized carbons (Fsp3) is 0.214. The second-order valence-electron chi connectivity index (χ2n) is 8.43. The first-order valence-corrected chi connectivity index (χ1v) is 12.6. The second-order valence-corrected chi connectivity index (χ2v) is 9.19. The van der Waals surface area contributed by atoms with Gasteiger partial charge >= 0.3 is 0 Å². The van der Waals surface area contributed by atoms with Gasteiger partial charge in [0.05, 0.1) is 47.4 Å². The van der Waals surface area contributed by atoms with Crippen LogP contribution < -0.4 is 15.2 Å². The summed E-state index contributed by atoms with van der Waals surface area (Å²) < 4.78 is 11.0. The molecule has 1 aliphatic heterocycles. The van der Waals surface area contributed by atoms with E-state index in [1.807, 2.05) is 48.5 Å². The van der Waals surface area contributed by atoms with Crippen LogP contribution in [0.3, 0.4) is 0 Å². The van der Waals surface area contributed by atoms with Gasteiger partial charge in [-0.25, -0.2) is 9.97 Å². The summed E-state index contributed by atoms with van der Waals surface area (Å²) in [5, 5.41) is 1.03. The van der Waals surface area contributed by atoms with E-state index in [1.54, 1.807) is 13.3 Å². The number of rotatable bonds is 7. The van der Waals surface area contributed by atoms with Crippen molar-refractivity contribution in [2.75, 3.05) is 20.8 Å². The number of aromatic nitrogens is 3. The first-order valence-electron chi connectivity index (χ1n) is 11.8. The lowest BCUT2D eigenvalue weighted by atomic mass is 9.98. The Kier molecular flexibility index (Phi) is 7.37. The summed E-state index contributed by atoms with van der Waals surface area (Å²) >= 11 is 13.9. The van der Waals surface area contributed by atoms with E-state index in [1.165, 1.54) is 7.11 Å². The van der Waals surface area contributed by atoms with Gasteiger partial charge in [-0.2, -0.15) is 0 Å². The highest BCUT2D eigenvalue weighted by Crippen LogP contribution is 2.42. The standard InChI is InChI=1S/C28H25Cl2N5O2/c1-36-27-20(21-10-5-13-32-21)11-12-22(34-27)18-8-3-6-16(25(18)29)17-7-4-9-19(26(17)30)24-15-33-23(14-31)28(35-24)37-2/h3-4,6-9,11-12,15H,5,10,13-14,31H2,1-2H3. The van der Waals surface area contributed by atoms with Crippen LogP contribution in [-0.2, 0) is 6.54 Å². The van der Waals surface area contributed by atoms with E-state index in [0.29, 0.717) is 44.5 Å². The molecule has 0 saturated carbocycles. The quantitative estimate of drug-likeness (QED) is 0.302. The number of halogens is 2. The third-order valence-corrected chi connectivity index (χ3v) is 7.09. The summed E-state index contributed by atoms with van der Waals surface area (Å²) in [6.45, 7) is 1.06. The van der Waals surface area contributed by atoms with Crippen LogP contribution in [0.15, 0.2) is 59.7 Å². The number of nitrogens with two attached hydrogens (primary N) is 1. The number of hydrogen-bond acceptors (Lipinski definition) is 7. The molecule has 5 rings (SSSR count). The number of ether oxygens (including phenoxy) is 2. The third kappa shape index (κ3) is 4.78. The number of aliphatic imine (C=N–C) groups is 1. The Hall–Kier alpha value is -3.52. The Morgan fingerprint density at radius 1 is 0.784 bits per heavy atom. The summed E-state index contributed by atoms with van der Waals surface area (Å²) in [6, 6.07) is 15.4. The maximum atomic E-state index is 6.97. The van der Waals surface area contributed by atoms with Crippen molar-refractivity contribution in [3.8, 4) is 45.4 Å². The predicted octanol–water partition coefficient (Wildman–Crippen LogP) is 6.24. The zero-order valence-electron chi connectivity index (χ0n) is 20.5. The van der Waals surface area contributed by atoms with Gasteiger partial charge in [0.2, 0.25) is 11.8 Å². The van der Waals surface area contributed by atoms with Gasteiger partial charge in [-0.3, -0.25) is 9.98 Å². The molecule has 9 heteroatoms. The SMILES string of the molecule is COc1nc(-c2cccc(-c3cccc(-c4cnc(CN)c(OC)n4)c3Cl)c2Cl)ccc1C1=NCCC1. The van der Waals surface area contributed by atoms with Gasteiger partial charge in [-0.15, -0.1) is 0 Å². The molecule has 37 heavy (non-hydrogen) atoms. The molecule has 0 spiro atoms. The van der Waals surface area contributed by atoms with Crippen LogP contribution in [0.1, 0.15) is 24.1 Å². The molecule has 7 nitrogen and oxygen atoms in total. The van der Waals surface area contributed by atoms with Gasteiger partial charge < -0.3 is 15.2 Å². The molecular weight excluding hydrogens is 509 g/mol. The number of methoxy groups -OCH3 is 2. The van der Waals surface area contributed by atoms with Crippen molar-refractivity contribution < 1.29 is 9.47 Å². The van der Waals surface area contributed by atoms with Crippen molar-refractivity contribution in [2.24, 2.45) is 10.7 Å². The van der Waals surface area contributed by atoms with Crippen LogP contribution >= 0.6 is 23.2 Å². The molecule has 0 unspecified atom stereocenters. The van der Waals surface area contributed by atoms with E-state index < -0.39 is 0 Å². The van der Waals surface area contributed by atoms with E-state index in [-0.39, 0.29) is 6.54 Å². The minimum Gasteiger partial charge on any atom is -0.480 e. The van der Waals surface area contributed by atoms with Gasteiger partial charge in [-0.05, 0) is 25.0 Å². The summed E-state index contributed by atoms with van der Waals surface area (Å²) in [5.41, 5.74) is 12.5. The Bertz CT molecular complexity index is 1510. The Morgan fingerprint density at radius 2 is 1.41 bits per heavy atom. The highest BCUT2D eigenvalue weighted by Gasteiger charge is 2.20. The monoisotopic (exact) mass is 533 g/mol. The zero-order valence-corrected chi connectivity index (χ0v) is 22.0. The van der Waals surface area contributed by atoms with Crippen molar-refractivity contribution >= 4 is 28.9 Å². The summed E-state index contributed by atoms with van der Waals surface area (Å²) in [4.78, 5) is 18.3. The first-order chi connectivity index (χ1) is 18.0. The lowest BCUT2D eigenvalue weighted by Gasteiger charge is -2.15. The van der Waals surface area contributed by atoms with Crippen molar-refractivity contribution in [2.45, 2.75) is 19.4 Å². The van der Waals surface area contributed by atoms with Gasteiger partial charge in [-0.1, -0.05) is 59.6 Å². The van der Waals surface area contributed by atoms with E-state index in [4.69, 9.17) is 43.4 Å². The smallest absolute Gasteiger partial charge is 0.237 e. The maximum absolute atomic E-state index is 6.97. The third-order valence-electron chi connectivity index (χ3n) is 6.28. The predicted molar refractivity (Wildman–Crippen MR) is 148 cm³/mol. The highest BCUT2D eigenvalue weighted by atomic mass is 35.5. The fourth-order valence-electron chi connectivity index (χ4n) is 4.43. The van der Waals surface area contributed by atoms with E-state index in [0.717, 1.165) is 47.4 Å². The molecule has 0 saturated heterocycles. The lowest BCUT2D eigenvalue weighted by Crippen LogP contribution is -2.05. The Labute approximate surface area is 225 Å². The molecule has 0 bridgehead atoms. The van der Waals surface area contributed by atoms with Gasteiger partial charge in [0.15, 0.2) is 0 Å². The molecule has 0 fully saturated rings. The number of hydrogen-bond donors (Lipinski definition) is 1. The largest absolute Gasteiger partial charge is 0.480 e. The average Bonchev–Trinajstić information content (AvgIpc) is 3.48. The highest BCUT2D eigenvalue weighted by molar-refractivity contribution is 6.39.